The Bertz CT molecular complexity index is 623. The molecule has 20 heavy (non-hydrogen) atoms. The maximum absolute atomic E-state index is 11.0. The summed E-state index contributed by atoms with van der Waals surface area (Å²) in [5, 5.41) is 17.6. The summed E-state index contributed by atoms with van der Waals surface area (Å²) >= 11 is 6.03. The van der Waals surface area contributed by atoms with Crippen molar-refractivity contribution in [1.82, 2.24) is 0 Å². The molecule has 0 N–H and O–H groups in total. The van der Waals surface area contributed by atoms with Gasteiger partial charge in [-0.2, -0.15) is 10.5 Å². The summed E-state index contributed by atoms with van der Waals surface area (Å²) in [4.78, 5) is 11.0. The molecule has 0 atom stereocenters. The summed E-state index contributed by atoms with van der Waals surface area (Å²) < 4.78 is 10.3. The number of nitrogens with zero attached hydrogens (tertiary/aromatic N) is 2. The zero-order chi connectivity index (χ0) is 15.1. The van der Waals surface area contributed by atoms with Gasteiger partial charge in [0.2, 0.25) is 0 Å². The van der Waals surface area contributed by atoms with Gasteiger partial charge in [0.1, 0.15) is 17.7 Å². The summed E-state index contributed by atoms with van der Waals surface area (Å²) in [6, 6.07) is 6.52. The summed E-state index contributed by atoms with van der Waals surface area (Å²) in [5.41, 5.74) is 0.441. The molecular formula is C14H11ClN2O3. The van der Waals surface area contributed by atoms with Crippen LogP contribution < -0.4 is 9.47 Å². The number of allylic oxidation sites excluding steroid dienone is 1. The second-order valence-corrected chi connectivity index (χ2v) is 4.05. The molecule has 0 fully saturated rings. The number of carbonyl (C=O) groups is 1. The molecule has 5 nitrogen and oxygen atoms in total. The lowest BCUT2D eigenvalue weighted by Crippen LogP contribution is -2.05. The Morgan fingerprint density at radius 3 is 2.55 bits per heavy atom. The number of benzene rings is 1. The van der Waals surface area contributed by atoms with Crippen molar-refractivity contribution in [1.29, 1.82) is 10.5 Å². The molecule has 0 radical (unpaired) electrons. The molecule has 0 aliphatic heterocycles. The van der Waals surface area contributed by atoms with Crippen molar-refractivity contribution in [3.63, 3.8) is 0 Å². The highest BCUT2D eigenvalue weighted by Crippen LogP contribution is 2.37. The summed E-state index contributed by atoms with van der Waals surface area (Å²) in [6.07, 6.45) is 1.37. The van der Waals surface area contributed by atoms with Crippen LogP contribution in [-0.2, 0) is 4.79 Å². The van der Waals surface area contributed by atoms with Crippen LogP contribution in [0.3, 0.4) is 0 Å². The first-order valence-electron chi connectivity index (χ1n) is 5.68. The van der Waals surface area contributed by atoms with E-state index in [1.54, 1.807) is 25.1 Å². The molecule has 0 aliphatic carbocycles. The van der Waals surface area contributed by atoms with Gasteiger partial charge in [-0.25, -0.2) is 0 Å². The van der Waals surface area contributed by atoms with E-state index in [9.17, 15) is 4.79 Å². The van der Waals surface area contributed by atoms with Gasteiger partial charge in [-0.05, 0) is 30.7 Å². The van der Waals surface area contributed by atoms with Crippen molar-refractivity contribution in [2.45, 2.75) is 13.8 Å². The highest BCUT2D eigenvalue weighted by Gasteiger charge is 2.14. The number of carbonyl (C=O) groups excluding carboxylic acids is 1. The van der Waals surface area contributed by atoms with Gasteiger partial charge in [0, 0.05) is 6.92 Å². The fraction of sp³-hybridized carbons (Fsp3) is 0.214. The Labute approximate surface area is 121 Å². The van der Waals surface area contributed by atoms with E-state index in [1.165, 1.54) is 19.1 Å². The molecule has 0 bridgehead atoms. The molecule has 102 valence electrons. The Kier molecular flexibility index (Phi) is 5.58. The van der Waals surface area contributed by atoms with Crippen molar-refractivity contribution >= 4 is 23.6 Å². The van der Waals surface area contributed by atoms with E-state index in [4.69, 9.17) is 31.6 Å². The zero-order valence-corrected chi connectivity index (χ0v) is 11.7. The number of ether oxygens (including phenoxy) is 2. The lowest BCUT2D eigenvalue weighted by molar-refractivity contribution is -0.132. The molecule has 0 unspecified atom stereocenters. The van der Waals surface area contributed by atoms with Gasteiger partial charge in [-0.3, -0.25) is 4.79 Å². The fourth-order valence-electron chi connectivity index (χ4n) is 1.43. The lowest BCUT2D eigenvalue weighted by Gasteiger charge is -2.12. The van der Waals surface area contributed by atoms with Crippen LogP contribution >= 0.6 is 11.6 Å². The summed E-state index contributed by atoms with van der Waals surface area (Å²) in [6.45, 7) is 3.37. The maximum atomic E-state index is 11.0. The predicted octanol–water partition coefficient (Wildman–Crippen LogP) is 3.09. The SMILES string of the molecule is CCOc1cc(C=C(C#N)C#N)cc(Cl)c1OC(C)=O. The molecular weight excluding hydrogens is 280 g/mol. The monoisotopic (exact) mass is 290 g/mol. The minimum absolute atomic E-state index is 0.0660. The van der Waals surface area contributed by atoms with Gasteiger partial charge in [0.25, 0.3) is 0 Å². The van der Waals surface area contributed by atoms with Gasteiger partial charge in [0.05, 0.1) is 11.6 Å². The van der Waals surface area contributed by atoms with Gasteiger partial charge in [0.15, 0.2) is 11.5 Å². The van der Waals surface area contributed by atoms with E-state index in [0.29, 0.717) is 12.2 Å². The van der Waals surface area contributed by atoms with Crippen molar-refractivity contribution in [3.05, 3.63) is 28.3 Å². The molecule has 0 saturated carbocycles. The standard InChI is InChI=1S/C14H11ClN2O3/c1-3-19-13-6-10(4-11(7-16)8-17)5-12(15)14(13)20-9(2)18/h4-6H,3H2,1-2H3. The third-order valence-electron chi connectivity index (χ3n) is 2.13. The van der Waals surface area contributed by atoms with Crippen molar-refractivity contribution in [2.75, 3.05) is 6.61 Å². The molecule has 0 saturated heterocycles. The Balaban J connectivity index is 3.34. The minimum Gasteiger partial charge on any atom is -0.490 e. The van der Waals surface area contributed by atoms with Crippen LogP contribution in [0.25, 0.3) is 6.08 Å². The molecule has 6 heteroatoms. The van der Waals surface area contributed by atoms with Gasteiger partial charge >= 0.3 is 5.97 Å². The number of hydrogen-bond acceptors (Lipinski definition) is 5. The molecule has 1 aromatic rings. The molecule has 0 heterocycles. The van der Waals surface area contributed by atoms with E-state index >= 15 is 0 Å². The van der Waals surface area contributed by atoms with E-state index in [2.05, 4.69) is 0 Å². The predicted molar refractivity (Wildman–Crippen MR) is 73.1 cm³/mol. The zero-order valence-electron chi connectivity index (χ0n) is 10.9. The van der Waals surface area contributed by atoms with Crippen LogP contribution in [0.5, 0.6) is 11.5 Å². The van der Waals surface area contributed by atoms with Crippen LogP contribution in [0.2, 0.25) is 5.02 Å². The van der Waals surface area contributed by atoms with E-state index in [-0.39, 0.29) is 22.1 Å². The minimum atomic E-state index is -0.522. The first-order chi connectivity index (χ1) is 9.51. The molecule has 1 rings (SSSR count). The Hall–Kier alpha value is -2.50. The third-order valence-corrected chi connectivity index (χ3v) is 2.41. The average Bonchev–Trinajstić information content (AvgIpc) is 2.40. The van der Waals surface area contributed by atoms with E-state index in [1.807, 2.05) is 0 Å². The fourth-order valence-corrected chi connectivity index (χ4v) is 1.69. The average molecular weight is 291 g/mol. The largest absolute Gasteiger partial charge is 0.490 e. The number of halogens is 1. The highest BCUT2D eigenvalue weighted by atomic mass is 35.5. The van der Waals surface area contributed by atoms with Gasteiger partial charge in [-0.1, -0.05) is 11.6 Å². The van der Waals surface area contributed by atoms with Crippen LogP contribution in [0, 0.1) is 22.7 Å². The van der Waals surface area contributed by atoms with Crippen LogP contribution in [0.1, 0.15) is 19.4 Å². The normalized spacial score (nSPS) is 9.05. The molecule has 0 aromatic heterocycles. The second kappa shape index (κ2) is 7.18. The van der Waals surface area contributed by atoms with E-state index < -0.39 is 5.97 Å². The molecule has 0 spiro atoms. The van der Waals surface area contributed by atoms with Gasteiger partial charge in [-0.15, -0.1) is 0 Å². The maximum Gasteiger partial charge on any atom is 0.308 e. The molecule has 1 aromatic carbocycles. The van der Waals surface area contributed by atoms with Crippen LogP contribution in [0.15, 0.2) is 17.7 Å². The van der Waals surface area contributed by atoms with E-state index in [0.717, 1.165) is 0 Å². The summed E-state index contributed by atoms with van der Waals surface area (Å²) in [5.74, 6) is -0.129. The van der Waals surface area contributed by atoms with Crippen molar-refractivity contribution in [3.8, 4) is 23.6 Å². The first-order valence-corrected chi connectivity index (χ1v) is 6.06. The smallest absolute Gasteiger partial charge is 0.308 e. The number of esters is 1. The van der Waals surface area contributed by atoms with Gasteiger partial charge < -0.3 is 9.47 Å². The Morgan fingerprint density at radius 1 is 1.40 bits per heavy atom. The third kappa shape index (κ3) is 4.01. The molecule has 0 aliphatic rings. The van der Waals surface area contributed by atoms with Crippen LogP contribution in [-0.4, -0.2) is 12.6 Å². The number of nitriles is 2. The van der Waals surface area contributed by atoms with Crippen LogP contribution in [0.4, 0.5) is 0 Å². The first kappa shape index (κ1) is 15.6. The lowest BCUT2D eigenvalue weighted by atomic mass is 10.1. The second-order valence-electron chi connectivity index (χ2n) is 3.64. The topological polar surface area (TPSA) is 83.1 Å². The highest BCUT2D eigenvalue weighted by molar-refractivity contribution is 6.32. The number of hydrogen-bond donors (Lipinski definition) is 0. The summed E-state index contributed by atoms with van der Waals surface area (Å²) in [7, 11) is 0. The Morgan fingerprint density at radius 2 is 2.05 bits per heavy atom. The number of rotatable bonds is 4. The quantitative estimate of drug-likeness (QED) is 0.483. The molecule has 0 amide bonds. The van der Waals surface area contributed by atoms with Crippen molar-refractivity contribution in [2.24, 2.45) is 0 Å². The van der Waals surface area contributed by atoms with Crippen molar-refractivity contribution < 1.29 is 14.3 Å².